The van der Waals surface area contributed by atoms with E-state index < -0.39 is 11.7 Å². The number of carbonyl (C=O) groups excluding carboxylic acids is 1. The smallest absolute Gasteiger partial charge is 0.248 e. The van der Waals surface area contributed by atoms with E-state index in [2.05, 4.69) is 0 Å². The molecule has 1 fully saturated rings. The summed E-state index contributed by atoms with van der Waals surface area (Å²) >= 11 is 0. The molecule has 4 nitrogen and oxygen atoms in total. The number of hydrogen-bond donors (Lipinski definition) is 2. The van der Waals surface area contributed by atoms with Gasteiger partial charge in [-0.25, -0.2) is 4.39 Å². The number of aliphatic hydroxyl groups excluding tert-OH is 1. The van der Waals surface area contributed by atoms with Crippen molar-refractivity contribution in [2.45, 2.75) is 25.5 Å². The molecule has 1 saturated heterocycles. The quantitative estimate of drug-likeness (QED) is 0.839. The van der Waals surface area contributed by atoms with Crippen molar-refractivity contribution in [3.05, 3.63) is 35.1 Å². The minimum absolute atomic E-state index is 0.176. The Morgan fingerprint density at radius 3 is 2.94 bits per heavy atom. The summed E-state index contributed by atoms with van der Waals surface area (Å²) in [6.07, 6.45) is 1.40. The zero-order valence-electron chi connectivity index (χ0n) is 10.1. The Morgan fingerprint density at radius 2 is 2.33 bits per heavy atom. The van der Waals surface area contributed by atoms with Crippen molar-refractivity contribution >= 4 is 5.91 Å². The van der Waals surface area contributed by atoms with Gasteiger partial charge >= 0.3 is 0 Å². The Kier molecular flexibility index (Phi) is 3.93. The highest BCUT2D eigenvalue weighted by molar-refractivity contribution is 5.92. The lowest BCUT2D eigenvalue weighted by molar-refractivity contribution is 0.0663. The molecule has 1 aromatic carbocycles. The van der Waals surface area contributed by atoms with Crippen molar-refractivity contribution in [2.75, 3.05) is 13.1 Å². The molecule has 1 aliphatic heterocycles. The van der Waals surface area contributed by atoms with E-state index in [1.807, 2.05) is 4.90 Å². The normalized spacial score (nSPS) is 20.9. The van der Waals surface area contributed by atoms with Crippen molar-refractivity contribution in [2.24, 2.45) is 5.73 Å². The molecule has 1 unspecified atom stereocenters. The maximum Gasteiger partial charge on any atom is 0.248 e. The van der Waals surface area contributed by atoms with Crippen LogP contribution in [-0.2, 0) is 6.54 Å². The van der Waals surface area contributed by atoms with Gasteiger partial charge in [0.2, 0.25) is 5.91 Å². The first-order valence-corrected chi connectivity index (χ1v) is 6.05. The molecule has 0 spiro atoms. The summed E-state index contributed by atoms with van der Waals surface area (Å²) in [4.78, 5) is 12.9. The molecule has 0 bridgehead atoms. The number of nitrogens with two attached hydrogens (primary N) is 1. The Hall–Kier alpha value is -1.46. The average Bonchev–Trinajstić information content (AvgIpc) is 2.31. The fraction of sp³-hybridized carbons (Fsp3) is 0.462. The van der Waals surface area contributed by atoms with Gasteiger partial charge in [-0.05, 0) is 31.5 Å². The summed E-state index contributed by atoms with van der Waals surface area (Å²) in [5, 5.41) is 9.55. The molecule has 0 saturated carbocycles. The molecule has 98 valence electrons. The number of amides is 1. The molecule has 5 heteroatoms. The number of primary amides is 1. The van der Waals surface area contributed by atoms with E-state index >= 15 is 0 Å². The number of halogens is 1. The molecular formula is C13H17FN2O2. The van der Waals surface area contributed by atoms with Gasteiger partial charge < -0.3 is 10.8 Å². The van der Waals surface area contributed by atoms with Crippen molar-refractivity contribution in [3.8, 4) is 0 Å². The standard InChI is InChI=1S/C13H17FN2O2/c14-12-6-9(13(15)18)3-4-10(12)7-16-5-1-2-11(17)8-16/h3-4,6,11,17H,1-2,5,7-8H2,(H2,15,18). The van der Waals surface area contributed by atoms with Gasteiger partial charge in [0.15, 0.2) is 0 Å². The maximum atomic E-state index is 13.8. The fourth-order valence-electron chi connectivity index (χ4n) is 2.24. The Morgan fingerprint density at radius 1 is 1.56 bits per heavy atom. The van der Waals surface area contributed by atoms with Crippen molar-refractivity contribution < 1.29 is 14.3 Å². The molecule has 2 rings (SSSR count). The van der Waals surface area contributed by atoms with Gasteiger partial charge in [0.1, 0.15) is 5.82 Å². The number of piperidine rings is 1. The summed E-state index contributed by atoms with van der Waals surface area (Å²) in [5.41, 5.74) is 5.78. The van der Waals surface area contributed by atoms with Gasteiger partial charge in [-0.1, -0.05) is 6.07 Å². The number of nitrogens with zero attached hydrogens (tertiary/aromatic N) is 1. The Balaban J connectivity index is 2.07. The number of rotatable bonds is 3. The predicted molar refractivity (Wildman–Crippen MR) is 65.4 cm³/mol. The SMILES string of the molecule is NC(=O)c1ccc(CN2CCCC(O)C2)c(F)c1. The van der Waals surface area contributed by atoms with Gasteiger partial charge in [-0.3, -0.25) is 9.69 Å². The van der Waals surface area contributed by atoms with E-state index in [1.54, 1.807) is 6.07 Å². The third kappa shape index (κ3) is 3.05. The molecule has 18 heavy (non-hydrogen) atoms. The number of carbonyl (C=O) groups is 1. The van der Waals surface area contributed by atoms with Gasteiger partial charge in [-0.15, -0.1) is 0 Å². The first-order chi connectivity index (χ1) is 8.56. The lowest BCUT2D eigenvalue weighted by atomic mass is 10.1. The predicted octanol–water partition coefficient (Wildman–Crippen LogP) is 0.881. The van der Waals surface area contributed by atoms with Crippen LogP contribution in [0.4, 0.5) is 4.39 Å². The van der Waals surface area contributed by atoms with Crippen LogP contribution in [0.3, 0.4) is 0 Å². The molecule has 1 aliphatic rings. The van der Waals surface area contributed by atoms with Crippen LogP contribution < -0.4 is 5.73 Å². The van der Waals surface area contributed by atoms with E-state index in [4.69, 9.17) is 5.73 Å². The van der Waals surface area contributed by atoms with Crippen molar-refractivity contribution in [1.82, 2.24) is 4.90 Å². The summed E-state index contributed by atoms with van der Waals surface area (Å²) < 4.78 is 13.8. The van der Waals surface area contributed by atoms with E-state index in [0.29, 0.717) is 18.7 Å². The van der Waals surface area contributed by atoms with E-state index in [-0.39, 0.29) is 11.7 Å². The second kappa shape index (κ2) is 5.46. The largest absolute Gasteiger partial charge is 0.392 e. The van der Waals surface area contributed by atoms with Crippen molar-refractivity contribution in [3.63, 3.8) is 0 Å². The van der Waals surface area contributed by atoms with Crippen LogP contribution >= 0.6 is 0 Å². The number of aliphatic hydroxyl groups is 1. The molecule has 1 atom stereocenters. The molecule has 0 aliphatic carbocycles. The monoisotopic (exact) mass is 252 g/mol. The number of likely N-dealkylation sites (tertiary alicyclic amines) is 1. The summed E-state index contributed by atoms with van der Waals surface area (Å²) in [6, 6.07) is 4.27. The van der Waals surface area contributed by atoms with Crippen LogP contribution in [0.25, 0.3) is 0 Å². The Labute approximate surface area is 105 Å². The van der Waals surface area contributed by atoms with Crippen molar-refractivity contribution in [1.29, 1.82) is 0 Å². The van der Waals surface area contributed by atoms with Crippen LogP contribution in [0.2, 0.25) is 0 Å². The second-order valence-electron chi connectivity index (χ2n) is 4.70. The first-order valence-electron chi connectivity index (χ1n) is 6.05. The Bertz CT molecular complexity index is 451. The lowest BCUT2D eigenvalue weighted by Gasteiger charge is -2.30. The molecule has 3 N–H and O–H groups in total. The number of hydrogen-bond acceptors (Lipinski definition) is 3. The zero-order valence-corrected chi connectivity index (χ0v) is 10.1. The maximum absolute atomic E-state index is 13.8. The number of benzene rings is 1. The lowest BCUT2D eigenvalue weighted by Crippen LogP contribution is -2.37. The highest BCUT2D eigenvalue weighted by Gasteiger charge is 2.19. The van der Waals surface area contributed by atoms with E-state index in [0.717, 1.165) is 25.5 Å². The second-order valence-corrected chi connectivity index (χ2v) is 4.70. The van der Waals surface area contributed by atoms with Gasteiger partial charge in [0.25, 0.3) is 0 Å². The molecule has 1 aromatic rings. The summed E-state index contributed by atoms with van der Waals surface area (Å²) in [5.74, 6) is -1.06. The van der Waals surface area contributed by atoms with Crippen LogP contribution in [-0.4, -0.2) is 35.1 Å². The third-order valence-corrected chi connectivity index (χ3v) is 3.21. The zero-order chi connectivity index (χ0) is 13.1. The molecule has 0 radical (unpaired) electrons. The highest BCUT2D eigenvalue weighted by atomic mass is 19.1. The summed E-state index contributed by atoms with van der Waals surface area (Å²) in [6.45, 7) is 1.87. The molecular weight excluding hydrogens is 235 g/mol. The van der Waals surface area contributed by atoms with E-state index in [9.17, 15) is 14.3 Å². The highest BCUT2D eigenvalue weighted by Crippen LogP contribution is 2.16. The van der Waals surface area contributed by atoms with Crippen LogP contribution in [0.1, 0.15) is 28.8 Å². The third-order valence-electron chi connectivity index (χ3n) is 3.21. The van der Waals surface area contributed by atoms with Crippen LogP contribution in [0, 0.1) is 5.82 Å². The molecule has 0 aromatic heterocycles. The van der Waals surface area contributed by atoms with Crippen LogP contribution in [0.5, 0.6) is 0 Å². The minimum atomic E-state index is -0.631. The minimum Gasteiger partial charge on any atom is -0.392 e. The summed E-state index contributed by atoms with van der Waals surface area (Å²) in [7, 11) is 0. The average molecular weight is 252 g/mol. The van der Waals surface area contributed by atoms with Gasteiger partial charge in [0.05, 0.1) is 6.10 Å². The van der Waals surface area contributed by atoms with E-state index in [1.165, 1.54) is 6.07 Å². The van der Waals surface area contributed by atoms with Gasteiger partial charge in [-0.2, -0.15) is 0 Å². The fourth-order valence-corrected chi connectivity index (χ4v) is 2.24. The topological polar surface area (TPSA) is 66.6 Å². The first kappa shape index (κ1) is 13.0. The molecule has 1 heterocycles. The van der Waals surface area contributed by atoms with Crippen LogP contribution in [0.15, 0.2) is 18.2 Å². The van der Waals surface area contributed by atoms with Gasteiger partial charge in [0, 0.05) is 24.2 Å². The molecule has 1 amide bonds. The number of β-amino-alcohol motifs (C(OH)–C–C–N with tert-alkyl or cyclic N) is 1.